The van der Waals surface area contributed by atoms with Crippen molar-refractivity contribution in [1.29, 1.82) is 0 Å². The first kappa shape index (κ1) is 16.6. The first-order chi connectivity index (χ1) is 9.17. The van der Waals surface area contributed by atoms with Gasteiger partial charge in [-0.05, 0) is 39.0 Å². The lowest BCUT2D eigenvalue weighted by Gasteiger charge is -2.20. The number of hydrogen-bond acceptors (Lipinski definition) is 2. The molecule has 3 amide bonds. The SMILES string of the molecule is CC(C)(C)NC(=O)CNC(=O)Nc1cc(Cl)ccc1Cl. The van der Waals surface area contributed by atoms with E-state index in [-0.39, 0.29) is 18.0 Å². The third-order valence-electron chi connectivity index (χ3n) is 2.10. The van der Waals surface area contributed by atoms with Gasteiger partial charge in [-0.15, -0.1) is 0 Å². The van der Waals surface area contributed by atoms with Crippen LogP contribution in [-0.2, 0) is 4.79 Å². The molecule has 110 valence electrons. The highest BCUT2D eigenvalue weighted by atomic mass is 35.5. The lowest BCUT2D eigenvalue weighted by molar-refractivity contribution is -0.121. The van der Waals surface area contributed by atoms with Crippen LogP contribution in [0.5, 0.6) is 0 Å². The monoisotopic (exact) mass is 317 g/mol. The molecule has 0 saturated carbocycles. The van der Waals surface area contributed by atoms with Gasteiger partial charge in [-0.2, -0.15) is 0 Å². The number of carbonyl (C=O) groups excluding carboxylic acids is 2. The van der Waals surface area contributed by atoms with Crippen LogP contribution < -0.4 is 16.0 Å². The summed E-state index contributed by atoms with van der Waals surface area (Å²) in [5.41, 5.74) is 0.0405. The molecule has 7 heteroatoms. The van der Waals surface area contributed by atoms with E-state index >= 15 is 0 Å². The summed E-state index contributed by atoms with van der Waals surface area (Å²) >= 11 is 11.7. The molecule has 0 aromatic heterocycles. The van der Waals surface area contributed by atoms with Crippen molar-refractivity contribution in [2.24, 2.45) is 0 Å². The summed E-state index contributed by atoms with van der Waals surface area (Å²) in [6.07, 6.45) is 0. The molecule has 1 aromatic rings. The van der Waals surface area contributed by atoms with E-state index in [0.29, 0.717) is 15.7 Å². The number of amides is 3. The summed E-state index contributed by atoms with van der Waals surface area (Å²) in [7, 11) is 0. The number of hydrogen-bond donors (Lipinski definition) is 3. The second-order valence-electron chi connectivity index (χ2n) is 5.23. The molecule has 0 aliphatic heterocycles. The van der Waals surface area contributed by atoms with Gasteiger partial charge in [0, 0.05) is 10.6 Å². The highest BCUT2D eigenvalue weighted by Crippen LogP contribution is 2.25. The lowest BCUT2D eigenvalue weighted by atomic mass is 10.1. The molecule has 0 fully saturated rings. The predicted molar refractivity (Wildman–Crippen MR) is 81.4 cm³/mol. The van der Waals surface area contributed by atoms with Crippen LogP contribution in [0.1, 0.15) is 20.8 Å². The van der Waals surface area contributed by atoms with Crippen LogP contribution in [0.15, 0.2) is 18.2 Å². The Labute approximate surface area is 128 Å². The average molecular weight is 318 g/mol. The summed E-state index contributed by atoms with van der Waals surface area (Å²) < 4.78 is 0. The van der Waals surface area contributed by atoms with Crippen molar-refractivity contribution in [3.8, 4) is 0 Å². The predicted octanol–water partition coefficient (Wildman–Crippen LogP) is 3.03. The standard InChI is InChI=1S/C13H17Cl2N3O2/c1-13(2,3)18-11(19)7-16-12(20)17-10-6-8(14)4-5-9(10)15/h4-6H,7H2,1-3H3,(H,18,19)(H2,16,17,20). The normalized spacial score (nSPS) is 10.8. The van der Waals surface area contributed by atoms with Gasteiger partial charge in [0.1, 0.15) is 0 Å². The van der Waals surface area contributed by atoms with E-state index in [1.165, 1.54) is 6.07 Å². The second kappa shape index (κ2) is 6.81. The Bertz CT molecular complexity index is 513. The van der Waals surface area contributed by atoms with Crippen molar-refractivity contribution >= 4 is 40.8 Å². The second-order valence-corrected chi connectivity index (χ2v) is 6.07. The number of anilines is 1. The van der Waals surface area contributed by atoms with Crippen molar-refractivity contribution < 1.29 is 9.59 Å². The number of halogens is 2. The molecule has 3 N–H and O–H groups in total. The number of benzene rings is 1. The molecule has 0 unspecified atom stereocenters. The zero-order chi connectivity index (χ0) is 15.3. The summed E-state index contributed by atoms with van der Waals surface area (Å²) in [5, 5.41) is 8.51. The maximum Gasteiger partial charge on any atom is 0.319 e. The molecule has 5 nitrogen and oxygen atoms in total. The zero-order valence-corrected chi connectivity index (χ0v) is 13.0. The Morgan fingerprint density at radius 3 is 2.45 bits per heavy atom. The Morgan fingerprint density at radius 1 is 1.20 bits per heavy atom. The molecular formula is C13H17Cl2N3O2. The number of carbonyl (C=O) groups is 2. The van der Waals surface area contributed by atoms with Gasteiger partial charge in [-0.3, -0.25) is 4.79 Å². The molecule has 0 aliphatic rings. The minimum absolute atomic E-state index is 0.124. The Balaban J connectivity index is 2.48. The number of urea groups is 1. The fraction of sp³-hybridized carbons (Fsp3) is 0.385. The van der Waals surface area contributed by atoms with Crippen LogP contribution >= 0.6 is 23.2 Å². The fourth-order valence-corrected chi connectivity index (χ4v) is 1.72. The van der Waals surface area contributed by atoms with Crippen LogP contribution in [0.25, 0.3) is 0 Å². The molecule has 1 aromatic carbocycles. The van der Waals surface area contributed by atoms with Gasteiger partial charge >= 0.3 is 6.03 Å². The molecular weight excluding hydrogens is 301 g/mol. The molecule has 0 atom stereocenters. The van der Waals surface area contributed by atoms with Crippen LogP contribution in [0.4, 0.5) is 10.5 Å². The third-order valence-corrected chi connectivity index (χ3v) is 2.67. The molecule has 0 bridgehead atoms. The van der Waals surface area contributed by atoms with Gasteiger partial charge in [0.2, 0.25) is 5.91 Å². The quantitative estimate of drug-likeness (QED) is 0.802. The van der Waals surface area contributed by atoms with Gasteiger partial charge in [-0.1, -0.05) is 23.2 Å². The van der Waals surface area contributed by atoms with Crippen molar-refractivity contribution in [2.45, 2.75) is 26.3 Å². The van der Waals surface area contributed by atoms with Crippen molar-refractivity contribution in [2.75, 3.05) is 11.9 Å². The maximum absolute atomic E-state index is 11.6. The fourth-order valence-electron chi connectivity index (χ4n) is 1.38. The lowest BCUT2D eigenvalue weighted by Crippen LogP contribution is -2.46. The van der Waals surface area contributed by atoms with Gasteiger partial charge in [0.05, 0.1) is 17.3 Å². The van der Waals surface area contributed by atoms with Gasteiger partial charge in [0.15, 0.2) is 0 Å². The van der Waals surface area contributed by atoms with E-state index < -0.39 is 6.03 Å². The van der Waals surface area contributed by atoms with Crippen molar-refractivity contribution in [3.63, 3.8) is 0 Å². The van der Waals surface area contributed by atoms with Crippen LogP contribution in [0.2, 0.25) is 10.0 Å². The highest BCUT2D eigenvalue weighted by molar-refractivity contribution is 6.35. The number of rotatable bonds is 3. The summed E-state index contributed by atoms with van der Waals surface area (Å²) in [5.74, 6) is -0.273. The minimum Gasteiger partial charge on any atom is -0.350 e. The van der Waals surface area contributed by atoms with Crippen LogP contribution in [-0.4, -0.2) is 24.0 Å². The molecule has 0 radical (unpaired) electrons. The van der Waals surface area contributed by atoms with Gasteiger partial charge in [-0.25, -0.2) is 4.79 Å². The Kier molecular flexibility index (Phi) is 5.65. The molecule has 0 spiro atoms. The first-order valence-electron chi connectivity index (χ1n) is 5.98. The van der Waals surface area contributed by atoms with Crippen LogP contribution in [0.3, 0.4) is 0 Å². The van der Waals surface area contributed by atoms with Gasteiger partial charge in [0.25, 0.3) is 0 Å². The van der Waals surface area contributed by atoms with E-state index in [0.717, 1.165) is 0 Å². The van der Waals surface area contributed by atoms with E-state index in [1.54, 1.807) is 12.1 Å². The van der Waals surface area contributed by atoms with Crippen LogP contribution in [0, 0.1) is 0 Å². The van der Waals surface area contributed by atoms with E-state index in [1.807, 2.05) is 20.8 Å². The molecule has 1 rings (SSSR count). The smallest absolute Gasteiger partial charge is 0.319 e. The van der Waals surface area contributed by atoms with Crippen molar-refractivity contribution in [1.82, 2.24) is 10.6 Å². The molecule has 20 heavy (non-hydrogen) atoms. The molecule has 0 heterocycles. The Morgan fingerprint density at radius 2 is 1.85 bits per heavy atom. The molecule has 0 aliphatic carbocycles. The third kappa shape index (κ3) is 6.12. The zero-order valence-electron chi connectivity index (χ0n) is 11.5. The summed E-state index contributed by atoms with van der Waals surface area (Å²) in [6, 6.07) is 4.19. The minimum atomic E-state index is -0.529. The largest absolute Gasteiger partial charge is 0.350 e. The van der Waals surface area contributed by atoms with Gasteiger partial charge < -0.3 is 16.0 Å². The van der Waals surface area contributed by atoms with Crippen molar-refractivity contribution in [3.05, 3.63) is 28.2 Å². The Hall–Kier alpha value is -1.46. The number of nitrogens with one attached hydrogen (secondary N) is 3. The highest BCUT2D eigenvalue weighted by Gasteiger charge is 2.14. The average Bonchev–Trinajstić information content (AvgIpc) is 2.29. The summed E-state index contributed by atoms with van der Waals surface area (Å²) in [6.45, 7) is 5.45. The van der Waals surface area contributed by atoms with E-state index in [9.17, 15) is 9.59 Å². The van der Waals surface area contributed by atoms with E-state index in [2.05, 4.69) is 16.0 Å². The topological polar surface area (TPSA) is 70.2 Å². The summed E-state index contributed by atoms with van der Waals surface area (Å²) in [4.78, 5) is 23.2. The van der Waals surface area contributed by atoms with E-state index in [4.69, 9.17) is 23.2 Å². The first-order valence-corrected chi connectivity index (χ1v) is 6.74. The maximum atomic E-state index is 11.6. The molecule has 0 saturated heterocycles.